The van der Waals surface area contributed by atoms with Gasteiger partial charge in [-0.1, -0.05) is 12.1 Å². The fraction of sp³-hybridized carbons (Fsp3) is 0.438. The SMILES string of the molecule is COCCNCc1cccc(F)c1-n1ccc(C2CC2)n1. The maximum absolute atomic E-state index is 14.2. The van der Waals surface area contributed by atoms with Crippen LogP contribution < -0.4 is 5.32 Å². The van der Waals surface area contributed by atoms with Crippen molar-refractivity contribution in [2.75, 3.05) is 20.3 Å². The summed E-state index contributed by atoms with van der Waals surface area (Å²) in [5, 5.41) is 7.78. The Morgan fingerprint density at radius 3 is 3.00 bits per heavy atom. The van der Waals surface area contributed by atoms with Gasteiger partial charge in [-0.15, -0.1) is 0 Å². The molecule has 0 radical (unpaired) electrons. The maximum Gasteiger partial charge on any atom is 0.149 e. The fourth-order valence-electron chi connectivity index (χ4n) is 2.42. The molecule has 1 heterocycles. The van der Waals surface area contributed by atoms with Gasteiger partial charge in [-0.3, -0.25) is 0 Å². The quantitative estimate of drug-likeness (QED) is 0.796. The lowest BCUT2D eigenvalue weighted by Gasteiger charge is -2.11. The first-order valence-corrected chi connectivity index (χ1v) is 7.32. The van der Waals surface area contributed by atoms with Crippen molar-refractivity contribution in [3.05, 3.63) is 47.5 Å². The monoisotopic (exact) mass is 289 g/mol. The number of ether oxygens (including phenoxy) is 1. The van der Waals surface area contributed by atoms with Crippen molar-refractivity contribution in [3.63, 3.8) is 0 Å². The highest BCUT2D eigenvalue weighted by Gasteiger charge is 2.26. The van der Waals surface area contributed by atoms with Crippen LogP contribution in [-0.4, -0.2) is 30.0 Å². The van der Waals surface area contributed by atoms with Crippen LogP contribution in [0.4, 0.5) is 4.39 Å². The highest BCUT2D eigenvalue weighted by molar-refractivity contribution is 5.42. The van der Waals surface area contributed by atoms with Gasteiger partial charge in [-0.05, 0) is 30.5 Å². The first kappa shape index (κ1) is 14.2. The first-order chi connectivity index (χ1) is 10.3. The lowest BCUT2D eigenvalue weighted by Crippen LogP contribution is -2.20. The smallest absolute Gasteiger partial charge is 0.149 e. The number of hydrogen-bond donors (Lipinski definition) is 1. The van der Waals surface area contributed by atoms with Gasteiger partial charge in [-0.25, -0.2) is 9.07 Å². The molecule has 4 nitrogen and oxygen atoms in total. The second-order valence-electron chi connectivity index (χ2n) is 5.38. The van der Waals surface area contributed by atoms with E-state index in [0.29, 0.717) is 24.8 Å². The van der Waals surface area contributed by atoms with Crippen molar-refractivity contribution >= 4 is 0 Å². The van der Waals surface area contributed by atoms with Crippen LogP contribution in [0.2, 0.25) is 0 Å². The minimum absolute atomic E-state index is 0.244. The summed E-state index contributed by atoms with van der Waals surface area (Å²) < 4.78 is 20.9. The zero-order valence-electron chi connectivity index (χ0n) is 12.2. The molecule has 112 valence electrons. The molecule has 21 heavy (non-hydrogen) atoms. The average Bonchev–Trinajstić information content (AvgIpc) is 3.23. The number of aromatic nitrogens is 2. The molecule has 1 aromatic carbocycles. The zero-order chi connectivity index (χ0) is 14.7. The summed E-state index contributed by atoms with van der Waals surface area (Å²) >= 11 is 0. The molecule has 0 bridgehead atoms. The molecule has 1 aliphatic rings. The molecular weight excluding hydrogens is 269 g/mol. The number of methoxy groups -OCH3 is 1. The Kier molecular flexibility index (Phi) is 4.31. The Morgan fingerprint density at radius 2 is 2.24 bits per heavy atom. The molecule has 0 atom stereocenters. The van der Waals surface area contributed by atoms with Gasteiger partial charge in [0.05, 0.1) is 12.3 Å². The minimum atomic E-state index is -0.244. The second-order valence-corrected chi connectivity index (χ2v) is 5.38. The molecule has 0 saturated heterocycles. The number of hydrogen-bond acceptors (Lipinski definition) is 3. The van der Waals surface area contributed by atoms with E-state index in [-0.39, 0.29) is 5.82 Å². The molecule has 0 unspecified atom stereocenters. The first-order valence-electron chi connectivity index (χ1n) is 7.32. The van der Waals surface area contributed by atoms with Crippen molar-refractivity contribution < 1.29 is 9.13 Å². The number of para-hydroxylation sites is 1. The molecule has 1 fully saturated rings. The van der Waals surface area contributed by atoms with Gasteiger partial charge in [-0.2, -0.15) is 5.10 Å². The van der Waals surface area contributed by atoms with Gasteiger partial charge in [0, 0.05) is 32.3 Å². The highest BCUT2D eigenvalue weighted by atomic mass is 19.1. The predicted octanol–water partition coefficient (Wildman–Crippen LogP) is 2.62. The largest absolute Gasteiger partial charge is 0.383 e. The molecule has 1 N–H and O–H groups in total. The van der Waals surface area contributed by atoms with Crippen molar-refractivity contribution in [2.24, 2.45) is 0 Å². The third-order valence-electron chi connectivity index (χ3n) is 3.70. The van der Waals surface area contributed by atoms with Crippen LogP contribution in [0.25, 0.3) is 5.69 Å². The van der Waals surface area contributed by atoms with Crippen LogP contribution in [0.3, 0.4) is 0 Å². The number of rotatable bonds is 7. The third-order valence-corrected chi connectivity index (χ3v) is 3.70. The molecule has 5 heteroatoms. The predicted molar refractivity (Wildman–Crippen MR) is 79.1 cm³/mol. The van der Waals surface area contributed by atoms with Gasteiger partial charge in [0.15, 0.2) is 0 Å². The molecule has 1 aliphatic carbocycles. The maximum atomic E-state index is 14.2. The van der Waals surface area contributed by atoms with Gasteiger partial charge >= 0.3 is 0 Å². The summed E-state index contributed by atoms with van der Waals surface area (Å²) in [7, 11) is 1.67. The normalized spacial score (nSPS) is 14.6. The van der Waals surface area contributed by atoms with E-state index in [4.69, 9.17) is 4.74 Å². The van der Waals surface area contributed by atoms with Crippen LogP contribution in [0.1, 0.15) is 30.0 Å². The summed E-state index contributed by atoms with van der Waals surface area (Å²) in [5.41, 5.74) is 2.50. The Bertz CT molecular complexity index is 607. The highest BCUT2D eigenvalue weighted by Crippen LogP contribution is 2.39. The molecule has 1 aromatic heterocycles. The fourth-order valence-corrected chi connectivity index (χ4v) is 2.42. The Morgan fingerprint density at radius 1 is 1.38 bits per heavy atom. The van der Waals surface area contributed by atoms with Gasteiger partial charge in [0.25, 0.3) is 0 Å². The van der Waals surface area contributed by atoms with Crippen LogP contribution in [-0.2, 0) is 11.3 Å². The summed E-state index contributed by atoms with van der Waals surface area (Å²) in [6, 6.07) is 7.13. The van der Waals surface area contributed by atoms with Gasteiger partial charge in [0.2, 0.25) is 0 Å². The molecule has 1 saturated carbocycles. The average molecular weight is 289 g/mol. The van der Waals surface area contributed by atoms with Crippen LogP contribution >= 0.6 is 0 Å². The van der Waals surface area contributed by atoms with Crippen molar-refractivity contribution in [2.45, 2.75) is 25.3 Å². The second kappa shape index (κ2) is 6.37. The van der Waals surface area contributed by atoms with Crippen molar-refractivity contribution in [3.8, 4) is 5.69 Å². The van der Waals surface area contributed by atoms with E-state index >= 15 is 0 Å². The van der Waals surface area contributed by atoms with E-state index in [9.17, 15) is 4.39 Å². The lowest BCUT2D eigenvalue weighted by molar-refractivity contribution is 0.199. The number of nitrogens with one attached hydrogen (secondary N) is 1. The number of benzene rings is 1. The van der Waals surface area contributed by atoms with Crippen molar-refractivity contribution in [1.29, 1.82) is 0 Å². The molecule has 0 aliphatic heterocycles. The topological polar surface area (TPSA) is 39.1 Å². The summed E-state index contributed by atoms with van der Waals surface area (Å²) in [4.78, 5) is 0. The molecule has 0 spiro atoms. The van der Waals surface area contributed by atoms with E-state index in [1.165, 1.54) is 18.9 Å². The van der Waals surface area contributed by atoms with Crippen molar-refractivity contribution in [1.82, 2.24) is 15.1 Å². The van der Waals surface area contributed by atoms with E-state index in [1.807, 2.05) is 18.3 Å². The summed E-state index contributed by atoms with van der Waals surface area (Å²) in [6.45, 7) is 1.96. The number of nitrogens with zero attached hydrogens (tertiary/aromatic N) is 2. The number of halogens is 1. The molecule has 0 amide bonds. The Hall–Kier alpha value is -1.72. The lowest BCUT2D eigenvalue weighted by atomic mass is 10.1. The molecule has 2 aromatic rings. The van der Waals surface area contributed by atoms with Gasteiger partial charge < -0.3 is 10.1 Å². The van der Waals surface area contributed by atoms with Crippen LogP contribution in [0, 0.1) is 5.82 Å². The van der Waals surface area contributed by atoms with E-state index in [1.54, 1.807) is 17.9 Å². The standard InChI is InChI=1S/C16H20FN3O/c1-21-10-8-18-11-13-3-2-4-14(17)16(13)20-9-7-15(19-20)12-5-6-12/h2-4,7,9,12,18H,5-6,8,10-11H2,1H3. The van der Waals surface area contributed by atoms with Crippen LogP contribution in [0.15, 0.2) is 30.5 Å². The van der Waals surface area contributed by atoms with Gasteiger partial charge in [0.1, 0.15) is 11.5 Å². The Labute approximate surface area is 123 Å². The molecule has 3 rings (SSSR count). The molecular formula is C16H20FN3O. The minimum Gasteiger partial charge on any atom is -0.383 e. The zero-order valence-corrected chi connectivity index (χ0v) is 12.2. The van der Waals surface area contributed by atoms with Crippen LogP contribution in [0.5, 0.6) is 0 Å². The van der Waals surface area contributed by atoms with E-state index < -0.39 is 0 Å². The third kappa shape index (κ3) is 3.31. The van der Waals surface area contributed by atoms with E-state index in [2.05, 4.69) is 10.4 Å². The van der Waals surface area contributed by atoms with E-state index in [0.717, 1.165) is 17.8 Å². The summed E-state index contributed by atoms with van der Waals surface area (Å²) in [5.74, 6) is 0.327. The summed E-state index contributed by atoms with van der Waals surface area (Å²) in [6.07, 6.45) is 4.24. The Balaban J connectivity index is 1.81.